The van der Waals surface area contributed by atoms with E-state index < -0.39 is 0 Å². The van der Waals surface area contributed by atoms with Crippen molar-refractivity contribution in [1.82, 2.24) is 19.6 Å². The quantitative estimate of drug-likeness (QED) is 0.268. The Morgan fingerprint density at radius 1 is 1.27 bits per heavy atom. The van der Waals surface area contributed by atoms with Gasteiger partial charge in [-0.1, -0.05) is 37.4 Å². The summed E-state index contributed by atoms with van der Waals surface area (Å²) in [4.78, 5) is 19.1. The maximum atomic E-state index is 11.9. The van der Waals surface area contributed by atoms with E-state index in [0.717, 1.165) is 46.0 Å². The van der Waals surface area contributed by atoms with Gasteiger partial charge in [-0.25, -0.2) is 9.38 Å². The third kappa shape index (κ3) is 4.06. The molecule has 4 rings (SSSR count). The van der Waals surface area contributed by atoms with Gasteiger partial charge in [0.05, 0.1) is 30.0 Å². The number of fused-ring (bicyclic) bond motifs is 5. The minimum atomic E-state index is -0.250. The first-order valence-electron chi connectivity index (χ1n) is 10.2. The average Bonchev–Trinajstić information content (AvgIpc) is 3.31. The van der Waals surface area contributed by atoms with Crippen LogP contribution in [0.5, 0.6) is 0 Å². The molecule has 0 fully saturated rings. The molecular formula is C20H26N4O3S3. The molecule has 3 aromatic rings. The fourth-order valence-corrected chi connectivity index (χ4v) is 6.24. The third-order valence-electron chi connectivity index (χ3n) is 5.23. The van der Waals surface area contributed by atoms with Gasteiger partial charge in [0, 0.05) is 17.1 Å². The van der Waals surface area contributed by atoms with E-state index in [1.165, 1.54) is 22.2 Å². The van der Waals surface area contributed by atoms with Gasteiger partial charge in [0.15, 0.2) is 16.0 Å². The average molecular weight is 467 g/mol. The number of carbonyl (C=O) groups is 1. The molecule has 0 aromatic carbocycles. The third-order valence-corrected chi connectivity index (χ3v) is 8.37. The normalized spacial score (nSPS) is 18.8. The van der Waals surface area contributed by atoms with Crippen molar-refractivity contribution in [3.05, 3.63) is 10.4 Å². The molecule has 162 valence electrons. The van der Waals surface area contributed by atoms with Crippen molar-refractivity contribution in [1.29, 1.82) is 0 Å². The van der Waals surface area contributed by atoms with Crippen molar-refractivity contribution < 1.29 is 14.3 Å². The van der Waals surface area contributed by atoms with Crippen molar-refractivity contribution in [2.45, 2.75) is 69.5 Å². The first-order valence-corrected chi connectivity index (χ1v) is 13.0. The first kappa shape index (κ1) is 21.9. The van der Waals surface area contributed by atoms with Gasteiger partial charge in [-0.2, -0.15) is 0 Å². The van der Waals surface area contributed by atoms with Gasteiger partial charge in [-0.3, -0.25) is 4.79 Å². The summed E-state index contributed by atoms with van der Waals surface area (Å²) >= 11 is 4.74. The minimum absolute atomic E-state index is 0.171. The molecule has 4 heterocycles. The number of aromatic nitrogens is 4. The van der Waals surface area contributed by atoms with Crippen molar-refractivity contribution in [2.75, 3.05) is 18.1 Å². The molecule has 0 spiro atoms. The largest absolute Gasteiger partial charge is 0.465 e. The highest BCUT2D eigenvalue weighted by molar-refractivity contribution is 8.00. The molecule has 0 aliphatic carbocycles. The smallest absolute Gasteiger partial charge is 0.316 e. The zero-order valence-corrected chi connectivity index (χ0v) is 20.1. The van der Waals surface area contributed by atoms with E-state index in [0.29, 0.717) is 18.4 Å². The van der Waals surface area contributed by atoms with Crippen LogP contribution in [0, 0.1) is 0 Å². The Kier molecular flexibility index (Phi) is 6.57. The van der Waals surface area contributed by atoms with Crippen LogP contribution in [0.1, 0.15) is 51.0 Å². The van der Waals surface area contributed by atoms with Crippen LogP contribution in [0.3, 0.4) is 0 Å². The molecular weight excluding hydrogens is 440 g/mol. The molecule has 0 saturated heterocycles. The van der Waals surface area contributed by atoms with Gasteiger partial charge in [0.1, 0.15) is 4.83 Å². The summed E-state index contributed by atoms with van der Waals surface area (Å²) < 4.78 is 13.2. The van der Waals surface area contributed by atoms with Crippen LogP contribution in [0.4, 0.5) is 0 Å². The summed E-state index contributed by atoms with van der Waals surface area (Å²) in [7, 11) is 0. The van der Waals surface area contributed by atoms with E-state index >= 15 is 0 Å². The van der Waals surface area contributed by atoms with Gasteiger partial charge < -0.3 is 9.47 Å². The summed E-state index contributed by atoms with van der Waals surface area (Å²) in [5, 5.41) is 11.6. The topological polar surface area (TPSA) is 78.6 Å². The Hall–Kier alpha value is -1.36. The van der Waals surface area contributed by atoms with Crippen LogP contribution < -0.4 is 0 Å². The summed E-state index contributed by atoms with van der Waals surface area (Å²) in [5.41, 5.74) is 1.93. The Morgan fingerprint density at radius 2 is 2.10 bits per heavy atom. The van der Waals surface area contributed by atoms with Crippen LogP contribution in [-0.4, -0.2) is 49.3 Å². The van der Waals surface area contributed by atoms with E-state index in [2.05, 4.69) is 31.0 Å². The van der Waals surface area contributed by atoms with Crippen LogP contribution in [0.25, 0.3) is 15.9 Å². The first-order chi connectivity index (χ1) is 14.5. The summed E-state index contributed by atoms with van der Waals surface area (Å²) in [6.45, 7) is 9.27. The highest BCUT2D eigenvalue weighted by atomic mass is 32.2. The lowest BCUT2D eigenvalue weighted by Crippen LogP contribution is -2.33. The number of esters is 1. The standard InChI is InChI=1S/C20H26N4O3S3/c1-5-8-28-18-21-17-15(12-9-20(4,6-2)27-10-13(12)30-17)16-22-23-19(24(16)18)29-11-14(25)26-7-3/h5-11H2,1-4H3. The Bertz CT molecular complexity index is 1080. The fourth-order valence-electron chi connectivity index (χ4n) is 3.45. The molecule has 1 unspecified atom stereocenters. The van der Waals surface area contributed by atoms with Crippen LogP contribution in [0.15, 0.2) is 10.3 Å². The second kappa shape index (κ2) is 9.02. The summed E-state index contributed by atoms with van der Waals surface area (Å²) in [5.74, 6) is 0.907. The zero-order valence-electron chi connectivity index (χ0n) is 17.7. The highest BCUT2D eigenvalue weighted by Crippen LogP contribution is 2.42. The number of hydrogen-bond donors (Lipinski definition) is 0. The number of carbonyl (C=O) groups excluding carboxylic acids is 1. The Balaban J connectivity index is 1.83. The number of nitrogens with zero attached hydrogens (tertiary/aromatic N) is 4. The molecule has 1 aliphatic rings. The molecule has 10 heteroatoms. The van der Waals surface area contributed by atoms with E-state index in [-0.39, 0.29) is 17.3 Å². The Labute approximate surface area is 188 Å². The lowest BCUT2D eigenvalue weighted by Gasteiger charge is -2.33. The molecule has 1 atom stereocenters. The molecule has 7 nitrogen and oxygen atoms in total. The van der Waals surface area contributed by atoms with Crippen LogP contribution in [0.2, 0.25) is 0 Å². The number of ether oxygens (including phenoxy) is 2. The van der Waals surface area contributed by atoms with Crippen molar-refractivity contribution in [3.63, 3.8) is 0 Å². The maximum absolute atomic E-state index is 11.9. The maximum Gasteiger partial charge on any atom is 0.316 e. The zero-order chi connectivity index (χ0) is 21.3. The molecule has 1 aliphatic heterocycles. The van der Waals surface area contributed by atoms with Crippen molar-refractivity contribution in [2.24, 2.45) is 0 Å². The van der Waals surface area contributed by atoms with Gasteiger partial charge >= 0.3 is 5.97 Å². The summed E-state index contributed by atoms with van der Waals surface area (Å²) in [6.07, 6.45) is 2.84. The molecule has 0 radical (unpaired) electrons. The van der Waals surface area contributed by atoms with Crippen LogP contribution in [-0.2, 0) is 27.3 Å². The van der Waals surface area contributed by atoms with Gasteiger partial charge in [-0.15, -0.1) is 21.5 Å². The van der Waals surface area contributed by atoms with E-state index in [9.17, 15) is 4.79 Å². The summed E-state index contributed by atoms with van der Waals surface area (Å²) in [6, 6.07) is 0. The highest BCUT2D eigenvalue weighted by Gasteiger charge is 2.33. The second-order valence-corrected chi connectivity index (χ2v) is 10.5. The van der Waals surface area contributed by atoms with Gasteiger partial charge in [0.2, 0.25) is 0 Å². The van der Waals surface area contributed by atoms with Crippen LogP contribution >= 0.6 is 34.9 Å². The van der Waals surface area contributed by atoms with Crippen molar-refractivity contribution >= 4 is 56.7 Å². The SMILES string of the molecule is CCCSc1nc2sc3c(c2c2nnc(SCC(=O)OCC)n12)CC(C)(CC)OC3. The monoisotopic (exact) mass is 466 g/mol. The van der Waals surface area contributed by atoms with E-state index in [1.807, 2.05) is 11.3 Å². The Morgan fingerprint density at radius 3 is 2.83 bits per heavy atom. The van der Waals surface area contributed by atoms with Gasteiger partial charge in [0.25, 0.3) is 0 Å². The van der Waals surface area contributed by atoms with E-state index in [4.69, 9.17) is 14.5 Å². The number of thiophene rings is 1. The van der Waals surface area contributed by atoms with E-state index in [1.54, 1.807) is 23.1 Å². The van der Waals surface area contributed by atoms with Gasteiger partial charge in [-0.05, 0) is 32.3 Å². The molecule has 0 saturated carbocycles. The molecule has 30 heavy (non-hydrogen) atoms. The lowest BCUT2D eigenvalue weighted by molar-refractivity contribution is -0.139. The predicted molar refractivity (Wildman–Crippen MR) is 122 cm³/mol. The molecule has 0 bridgehead atoms. The number of hydrogen-bond acceptors (Lipinski definition) is 9. The second-order valence-electron chi connectivity index (χ2n) is 7.43. The minimum Gasteiger partial charge on any atom is -0.465 e. The molecule has 3 aromatic heterocycles. The molecule has 0 amide bonds. The molecule has 0 N–H and O–H groups in total. The lowest BCUT2D eigenvalue weighted by atomic mass is 9.90. The number of rotatable bonds is 8. The fraction of sp³-hybridized carbons (Fsp3) is 0.600. The predicted octanol–water partition coefficient (Wildman–Crippen LogP) is 4.74. The number of thioether (sulfide) groups is 2. The van der Waals surface area contributed by atoms with Crippen molar-refractivity contribution in [3.8, 4) is 0 Å².